The van der Waals surface area contributed by atoms with Crippen molar-refractivity contribution in [1.29, 1.82) is 0 Å². The van der Waals surface area contributed by atoms with Gasteiger partial charge in [0.15, 0.2) is 0 Å². The van der Waals surface area contributed by atoms with Gasteiger partial charge in [0, 0.05) is 10.5 Å². The van der Waals surface area contributed by atoms with E-state index in [1.807, 2.05) is 6.92 Å². The number of aryl methyl sites for hydroxylation is 1. The molecule has 106 valence electrons. The SMILES string of the molecule is COc1cccc(NS(=O)(=O)c2ccc(C)cc2Br)c1. The summed E-state index contributed by atoms with van der Waals surface area (Å²) in [5.41, 5.74) is 1.44. The fraction of sp³-hybridized carbons (Fsp3) is 0.143. The number of benzene rings is 2. The molecule has 0 spiro atoms. The van der Waals surface area contributed by atoms with E-state index in [9.17, 15) is 8.42 Å². The molecule has 1 N–H and O–H groups in total. The van der Waals surface area contributed by atoms with E-state index in [2.05, 4.69) is 20.7 Å². The molecule has 4 nitrogen and oxygen atoms in total. The zero-order chi connectivity index (χ0) is 14.8. The van der Waals surface area contributed by atoms with Crippen molar-refractivity contribution in [3.63, 3.8) is 0 Å². The number of hydrogen-bond donors (Lipinski definition) is 1. The first-order valence-corrected chi connectivity index (χ1v) is 8.13. The van der Waals surface area contributed by atoms with Crippen molar-refractivity contribution in [2.45, 2.75) is 11.8 Å². The Hall–Kier alpha value is -1.53. The van der Waals surface area contributed by atoms with E-state index in [0.717, 1.165) is 5.56 Å². The van der Waals surface area contributed by atoms with Gasteiger partial charge >= 0.3 is 0 Å². The minimum atomic E-state index is -3.64. The summed E-state index contributed by atoms with van der Waals surface area (Å²) in [4.78, 5) is 0.200. The summed E-state index contributed by atoms with van der Waals surface area (Å²) in [6, 6.07) is 11.9. The van der Waals surface area contributed by atoms with Crippen molar-refractivity contribution in [2.24, 2.45) is 0 Å². The quantitative estimate of drug-likeness (QED) is 0.911. The van der Waals surface area contributed by atoms with Gasteiger partial charge in [-0.1, -0.05) is 12.1 Å². The summed E-state index contributed by atoms with van der Waals surface area (Å²) in [6.07, 6.45) is 0. The maximum Gasteiger partial charge on any atom is 0.263 e. The van der Waals surface area contributed by atoms with Gasteiger partial charge < -0.3 is 4.74 Å². The third kappa shape index (κ3) is 3.32. The first-order valence-electron chi connectivity index (χ1n) is 5.85. The summed E-state index contributed by atoms with van der Waals surface area (Å²) < 4.78 is 32.8. The van der Waals surface area contributed by atoms with Gasteiger partial charge in [0.05, 0.1) is 12.8 Å². The molecule has 0 fully saturated rings. The van der Waals surface area contributed by atoms with E-state index in [0.29, 0.717) is 15.9 Å². The summed E-state index contributed by atoms with van der Waals surface area (Å²) in [6.45, 7) is 1.90. The number of methoxy groups -OCH3 is 1. The summed E-state index contributed by atoms with van der Waals surface area (Å²) in [5.74, 6) is 0.591. The van der Waals surface area contributed by atoms with Gasteiger partial charge in [0.25, 0.3) is 10.0 Å². The molecular weight excluding hydrogens is 342 g/mol. The molecule has 0 heterocycles. The average molecular weight is 356 g/mol. The zero-order valence-electron chi connectivity index (χ0n) is 11.1. The topological polar surface area (TPSA) is 55.4 Å². The molecule has 0 radical (unpaired) electrons. The highest BCUT2D eigenvalue weighted by Crippen LogP contribution is 2.26. The van der Waals surface area contributed by atoms with Crippen LogP contribution >= 0.6 is 15.9 Å². The Morgan fingerprint density at radius 2 is 1.90 bits per heavy atom. The lowest BCUT2D eigenvalue weighted by molar-refractivity contribution is 0.415. The Labute approximate surface area is 127 Å². The average Bonchev–Trinajstić information content (AvgIpc) is 2.37. The fourth-order valence-electron chi connectivity index (χ4n) is 1.72. The van der Waals surface area contributed by atoms with Crippen molar-refractivity contribution in [3.05, 3.63) is 52.5 Å². The van der Waals surface area contributed by atoms with Gasteiger partial charge in [-0.2, -0.15) is 0 Å². The first-order chi connectivity index (χ1) is 9.42. The highest BCUT2D eigenvalue weighted by atomic mass is 79.9. The van der Waals surface area contributed by atoms with Crippen LogP contribution in [0.5, 0.6) is 5.75 Å². The third-order valence-electron chi connectivity index (χ3n) is 2.70. The second kappa shape index (κ2) is 5.85. The Morgan fingerprint density at radius 1 is 1.15 bits per heavy atom. The van der Waals surface area contributed by atoms with E-state index < -0.39 is 10.0 Å². The molecule has 2 rings (SSSR count). The highest BCUT2D eigenvalue weighted by Gasteiger charge is 2.17. The van der Waals surface area contributed by atoms with Crippen LogP contribution in [0.15, 0.2) is 51.8 Å². The number of sulfonamides is 1. The Morgan fingerprint density at radius 3 is 2.55 bits per heavy atom. The lowest BCUT2D eigenvalue weighted by Crippen LogP contribution is -2.13. The van der Waals surface area contributed by atoms with Crippen LogP contribution in [0.25, 0.3) is 0 Å². The number of ether oxygens (including phenoxy) is 1. The smallest absolute Gasteiger partial charge is 0.263 e. The second-order valence-corrected chi connectivity index (χ2v) is 6.78. The number of halogens is 1. The van der Waals surface area contributed by atoms with Crippen LogP contribution in [0.1, 0.15) is 5.56 Å². The molecular formula is C14H14BrNO3S. The molecule has 20 heavy (non-hydrogen) atoms. The van der Waals surface area contributed by atoms with Gasteiger partial charge in [0.1, 0.15) is 10.6 Å². The van der Waals surface area contributed by atoms with Crippen molar-refractivity contribution in [3.8, 4) is 5.75 Å². The fourth-order valence-corrected chi connectivity index (χ4v) is 3.96. The molecule has 0 aliphatic rings. The third-order valence-corrected chi connectivity index (χ3v) is 5.06. The molecule has 0 saturated carbocycles. The van der Waals surface area contributed by atoms with Gasteiger partial charge in [0.2, 0.25) is 0 Å². The maximum atomic E-state index is 12.4. The molecule has 0 aliphatic heterocycles. The predicted molar refractivity (Wildman–Crippen MR) is 82.7 cm³/mol. The van der Waals surface area contributed by atoms with Crippen molar-refractivity contribution < 1.29 is 13.2 Å². The highest BCUT2D eigenvalue weighted by molar-refractivity contribution is 9.10. The Bertz CT molecular complexity index is 729. The molecule has 0 unspecified atom stereocenters. The number of rotatable bonds is 4. The number of nitrogens with one attached hydrogen (secondary N) is 1. The number of hydrogen-bond acceptors (Lipinski definition) is 3. The van der Waals surface area contributed by atoms with Crippen molar-refractivity contribution >= 4 is 31.6 Å². The Kier molecular flexibility index (Phi) is 4.35. The molecule has 2 aromatic rings. The summed E-state index contributed by atoms with van der Waals surface area (Å²) >= 11 is 3.28. The molecule has 0 aliphatic carbocycles. The predicted octanol–water partition coefficient (Wildman–Crippen LogP) is 3.57. The first kappa shape index (κ1) is 14.9. The van der Waals surface area contributed by atoms with E-state index in [1.54, 1.807) is 42.5 Å². The summed E-state index contributed by atoms with van der Waals surface area (Å²) in [7, 11) is -2.11. The normalized spacial score (nSPS) is 11.2. The van der Waals surface area contributed by atoms with Gasteiger partial charge in [-0.05, 0) is 52.7 Å². The maximum absolute atomic E-state index is 12.4. The van der Waals surface area contributed by atoms with Crippen LogP contribution in [0.2, 0.25) is 0 Å². The molecule has 0 saturated heterocycles. The van der Waals surface area contributed by atoms with Crippen LogP contribution in [-0.4, -0.2) is 15.5 Å². The second-order valence-electron chi connectivity index (χ2n) is 4.27. The molecule has 0 atom stereocenters. The van der Waals surface area contributed by atoms with E-state index >= 15 is 0 Å². The van der Waals surface area contributed by atoms with Crippen LogP contribution in [0, 0.1) is 6.92 Å². The van der Waals surface area contributed by atoms with Crippen LogP contribution in [0.4, 0.5) is 5.69 Å². The minimum Gasteiger partial charge on any atom is -0.497 e. The number of anilines is 1. The van der Waals surface area contributed by atoms with Gasteiger partial charge in [-0.3, -0.25) is 4.72 Å². The molecule has 2 aromatic carbocycles. The minimum absolute atomic E-state index is 0.200. The van der Waals surface area contributed by atoms with E-state index in [-0.39, 0.29) is 4.90 Å². The standard InChI is InChI=1S/C14H14BrNO3S/c1-10-6-7-14(13(15)8-10)20(17,18)16-11-4-3-5-12(9-11)19-2/h3-9,16H,1-2H3. The molecule has 0 aromatic heterocycles. The van der Waals surface area contributed by atoms with Crippen molar-refractivity contribution in [2.75, 3.05) is 11.8 Å². The lowest BCUT2D eigenvalue weighted by atomic mass is 10.2. The van der Waals surface area contributed by atoms with Gasteiger partial charge in [-0.15, -0.1) is 0 Å². The lowest BCUT2D eigenvalue weighted by Gasteiger charge is -2.11. The monoisotopic (exact) mass is 355 g/mol. The molecule has 0 amide bonds. The summed E-state index contributed by atoms with van der Waals surface area (Å²) in [5, 5.41) is 0. The van der Waals surface area contributed by atoms with E-state index in [1.165, 1.54) is 7.11 Å². The zero-order valence-corrected chi connectivity index (χ0v) is 13.5. The van der Waals surface area contributed by atoms with Crippen LogP contribution < -0.4 is 9.46 Å². The largest absolute Gasteiger partial charge is 0.497 e. The Balaban J connectivity index is 2.35. The van der Waals surface area contributed by atoms with Crippen LogP contribution in [0.3, 0.4) is 0 Å². The van der Waals surface area contributed by atoms with Crippen LogP contribution in [-0.2, 0) is 10.0 Å². The van der Waals surface area contributed by atoms with Gasteiger partial charge in [-0.25, -0.2) is 8.42 Å². The molecule has 0 bridgehead atoms. The van der Waals surface area contributed by atoms with Crippen molar-refractivity contribution in [1.82, 2.24) is 0 Å². The molecule has 6 heteroatoms. The van der Waals surface area contributed by atoms with E-state index in [4.69, 9.17) is 4.74 Å².